The standard InChI is InChI=1S/C22H16BrClN2O3S/c23-15-4-3-5-17(12-15)25-22(27)14-26-13-21(19-6-1-2-7-20(19)26)30(28,29)18-10-8-16(24)9-11-18/h1-13H,14H2,(H,25,27). The van der Waals surface area contributed by atoms with Crippen molar-refractivity contribution in [3.05, 3.63) is 88.5 Å². The second-order valence-corrected chi connectivity index (χ2v) is 9.92. The molecule has 5 nitrogen and oxygen atoms in total. The van der Waals surface area contributed by atoms with Crippen molar-refractivity contribution in [1.29, 1.82) is 0 Å². The predicted molar refractivity (Wildman–Crippen MR) is 122 cm³/mol. The van der Waals surface area contributed by atoms with E-state index in [1.165, 1.54) is 18.3 Å². The SMILES string of the molecule is O=C(Cn1cc(S(=O)(=O)c2ccc(Cl)cc2)c2ccccc21)Nc1cccc(Br)c1. The fourth-order valence-electron chi connectivity index (χ4n) is 3.22. The molecule has 1 heterocycles. The van der Waals surface area contributed by atoms with Gasteiger partial charge in [-0.3, -0.25) is 4.79 Å². The Hall–Kier alpha value is -2.61. The van der Waals surface area contributed by atoms with Crippen LogP contribution in [0.5, 0.6) is 0 Å². The highest BCUT2D eigenvalue weighted by atomic mass is 79.9. The molecule has 0 atom stereocenters. The van der Waals surface area contributed by atoms with Gasteiger partial charge < -0.3 is 9.88 Å². The minimum Gasteiger partial charge on any atom is -0.337 e. The van der Waals surface area contributed by atoms with Gasteiger partial charge in [0.1, 0.15) is 6.54 Å². The normalized spacial score (nSPS) is 11.5. The molecule has 0 radical (unpaired) electrons. The quantitative estimate of drug-likeness (QED) is 0.389. The number of carbonyl (C=O) groups excluding carboxylic acids is 1. The molecule has 0 bridgehead atoms. The first-order chi connectivity index (χ1) is 14.3. The molecule has 152 valence electrons. The number of amides is 1. The second kappa shape index (κ2) is 8.26. The van der Waals surface area contributed by atoms with Crippen LogP contribution < -0.4 is 5.32 Å². The summed E-state index contributed by atoms with van der Waals surface area (Å²) in [4.78, 5) is 12.9. The first-order valence-electron chi connectivity index (χ1n) is 8.98. The molecule has 1 amide bonds. The molecule has 3 aromatic carbocycles. The summed E-state index contributed by atoms with van der Waals surface area (Å²) in [6, 6.07) is 20.4. The number of aromatic nitrogens is 1. The van der Waals surface area contributed by atoms with Crippen molar-refractivity contribution in [2.45, 2.75) is 16.3 Å². The van der Waals surface area contributed by atoms with Crippen molar-refractivity contribution in [1.82, 2.24) is 4.57 Å². The number of hydrogen-bond acceptors (Lipinski definition) is 3. The summed E-state index contributed by atoms with van der Waals surface area (Å²) < 4.78 is 28.9. The fraction of sp³-hybridized carbons (Fsp3) is 0.0455. The molecule has 0 aliphatic rings. The Labute approximate surface area is 187 Å². The van der Waals surface area contributed by atoms with E-state index in [0.29, 0.717) is 21.6 Å². The highest BCUT2D eigenvalue weighted by Gasteiger charge is 2.23. The molecule has 30 heavy (non-hydrogen) atoms. The van der Waals surface area contributed by atoms with Crippen LogP contribution in [0.15, 0.2) is 93.3 Å². The van der Waals surface area contributed by atoms with Gasteiger partial charge in [-0.15, -0.1) is 0 Å². The first kappa shape index (κ1) is 20.7. The predicted octanol–water partition coefficient (Wildman–Crippen LogP) is 5.53. The number of benzene rings is 3. The summed E-state index contributed by atoms with van der Waals surface area (Å²) in [5, 5.41) is 3.84. The van der Waals surface area contributed by atoms with E-state index in [1.807, 2.05) is 18.2 Å². The Balaban J connectivity index is 1.70. The van der Waals surface area contributed by atoms with E-state index in [2.05, 4.69) is 21.2 Å². The van der Waals surface area contributed by atoms with Crippen molar-refractivity contribution in [3.63, 3.8) is 0 Å². The van der Waals surface area contributed by atoms with Crippen molar-refractivity contribution in [2.24, 2.45) is 0 Å². The average Bonchev–Trinajstić information content (AvgIpc) is 3.07. The van der Waals surface area contributed by atoms with E-state index < -0.39 is 9.84 Å². The lowest BCUT2D eigenvalue weighted by Crippen LogP contribution is -2.18. The van der Waals surface area contributed by atoms with Gasteiger partial charge in [0.15, 0.2) is 0 Å². The van der Waals surface area contributed by atoms with Gasteiger partial charge in [0, 0.05) is 32.3 Å². The van der Waals surface area contributed by atoms with Crippen LogP contribution in [0.3, 0.4) is 0 Å². The van der Waals surface area contributed by atoms with E-state index >= 15 is 0 Å². The maximum atomic E-state index is 13.2. The van der Waals surface area contributed by atoms with Crippen LogP contribution in [0, 0.1) is 0 Å². The summed E-state index contributed by atoms with van der Waals surface area (Å²) in [6.07, 6.45) is 1.51. The highest BCUT2D eigenvalue weighted by Crippen LogP contribution is 2.30. The number of hydrogen-bond donors (Lipinski definition) is 1. The van der Waals surface area contributed by atoms with Crippen molar-refractivity contribution in [2.75, 3.05) is 5.32 Å². The maximum absolute atomic E-state index is 13.2. The average molecular weight is 504 g/mol. The molecular weight excluding hydrogens is 488 g/mol. The number of fused-ring (bicyclic) bond motifs is 1. The maximum Gasteiger partial charge on any atom is 0.244 e. The monoisotopic (exact) mass is 502 g/mol. The van der Waals surface area contributed by atoms with Crippen LogP contribution in [0.25, 0.3) is 10.9 Å². The van der Waals surface area contributed by atoms with E-state index in [0.717, 1.165) is 4.47 Å². The molecule has 1 N–H and O–H groups in total. The molecule has 4 aromatic rings. The Morgan fingerprint density at radius 2 is 1.73 bits per heavy atom. The largest absolute Gasteiger partial charge is 0.337 e. The lowest BCUT2D eigenvalue weighted by atomic mass is 10.2. The van der Waals surface area contributed by atoms with Gasteiger partial charge >= 0.3 is 0 Å². The van der Waals surface area contributed by atoms with Gasteiger partial charge in [0.25, 0.3) is 0 Å². The summed E-state index contributed by atoms with van der Waals surface area (Å²) in [6.45, 7) is -0.0246. The smallest absolute Gasteiger partial charge is 0.244 e. The minimum absolute atomic E-state index is 0.0246. The van der Waals surface area contributed by atoms with Crippen molar-refractivity contribution in [3.8, 4) is 0 Å². The Bertz CT molecular complexity index is 1350. The summed E-state index contributed by atoms with van der Waals surface area (Å²) in [7, 11) is -3.78. The number of sulfone groups is 1. The molecule has 0 aliphatic heterocycles. The zero-order chi connectivity index (χ0) is 21.3. The molecule has 1 aromatic heterocycles. The second-order valence-electron chi connectivity index (χ2n) is 6.65. The number of para-hydroxylation sites is 1. The highest BCUT2D eigenvalue weighted by molar-refractivity contribution is 9.10. The third-order valence-electron chi connectivity index (χ3n) is 4.59. The van der Waals surface area contributed by atoms with E-state index in [-0.39, 0.29) is 22.2 Å². The number of anilines is 1. The Morgan fingerprint density at radius 3 is 2.47 bits per heavy atom. The summed E-state index contributed by atoms with van der Waals surface area (Å²) in [5.41, 5.74) is 1.31. The molecule has 0 saturated carbocycles. The third kappa shape index (κ3) is 4.14. The van der Waals surface area contributed by atoms with E-state index in [4.69, 9.17) is 11.6 Å². The summed E-state index contributed by atoms with van der Waals surface area (Å²) in [5.74, 6) is -0.260. The number of rotatable bonds is 5. The molecule has 0 aliphatic carbocycles. The van der Waals surface area contributed by atoms with E-state index in [1.54, 1.807) is 47.0 Å². The zero-order valence-electron chi connectivity index (χ0n) is 15.5. The summed E-state index contributed by atoms with van der Waals surface area (Å²) >= 11 is 9.27. The lowest BCUT2D eigenvalue weighted by Gasteiger charge is -2.07. The minimum atomic E-state index is -3.78. The molecular formula is C22H16BrClN2O3S. The van der Waals surface area contributed by atoms with Crippen LogP contribution >= 0.6 is 27.5 Å². The van der Waals surface area contributed by atoms with Gasteiger partial charge in [0.05, 0.1) is 9.79 Å². The Kier molecular flexibility index (Phi) is 5.69. The fourth-order valence-corrected chi connectivity index (χ4v) is 5.22. The van der Waals surface area contributed by atoms with Gasteiger partial charge in [-0.05, 0) is 48.5 Å². The van der Waals surface area contributed by atoms with Crippen LogP contribution in [0.4, 0.5) is 5.69 Å². The number of nitrogens with zero attached hydrogens (tertiary/aromatic N) is 1. The van der Waals surface area contributed by atoms with Gasteiger partial charge in [-0.1, -0.05) is 51.8 Å². The molecule has 0 fully saturated rings. The first-order valence-corrected chi connectivity index (χ1v) is 11.6. The van der Waals surface area contributed by atoms with Gasteiger partial charge in [0.2, 0.25) is 15.7 Å². The van der Waals surface area contributed by atoms with Crippen LogP contribution in [-0.4, -0.2) is 18.9 Å². The number of halogens is 2. The van der Waals surface area contributed by atoms with Gasteiger partial charge in [-0.25, -0.2) is 8.42 Å². The molecule has 4 rings (SSSR count). The third-order valence-corrected chi connectivity index (χ3v) is 7.13. The molecule has 0 spiro atoms. The Morgan fingerprint density at radius 1 is 1.00 bits per heavy atom. The van der Waals surface area contributed by atoms with Crippen molar-refractivity contribution >= 4 is 59.9 Å². The zero-order valence-corrected chi connectivity index (χ0v) is 18.7. The van der Waals surface area contributed by atoms with Crippen LogP contribution in [0.2, 0.25) is 5.02 Å². The van der Waals surface area contributed by atoms with Gasteiger partial charge in [-0.2, -0.15) is 0 Å². The molecule has 8 heteroatoms. The van der Waals surface area contributed by atoms with Crippen LogP contribution in [-0.2, 0) is 21.2 Å². The van der Waals surface area contributed by atoms with Crippen LogP contribution in [0.1, 0.15) is 0 Å². The van der Waals surface area contributed by atoms with Crippen molar-refractivity contribution < 1.29 is 13.2 Å². The number of nitrogens with one attached hydrogen (secondary N) is 1. The van der Waals surface area contributed by atoms with E-state index in [9.17, 15) is 13.2 Å². The topological polar surface area (TPSA) is 68.2 Å². The number of carbonyl (C=O) groups is 1. The lowest BCUT2D eigenvalue weighted by molar-refractivity contribution is -0.116. The molecule has 0 unspecified atom stereocenters. The molecule has 0 saturated heterocycles.